The van der Waals surface area contributed by atoms with Crippen LogP contribution in [0.4, 0.5) is 0 Å². The zero-order valence-electron chi connectivity index (χ0n) is 12.8. The van der Waals surface area contributed by atoms with Crippen molar-refractivity contribution in [2.75, 3.05) is 0 Å². The highest BCUT2D eigenvalue weighted by atomic mass is 16.5. The van der Waals surface area contributed by atoms with Crippen molar-refractivity contribution in [2.45, 2.75) is 13.0 Å². The van der Waals surface area contributed by atoms with Gasteiger partial charge in [0.1, 0.15) is 6.61 Å². The predicted octanol–water partition coefficient (Wildman–Crippen LogP) is 4.98. The van der Waals surface area contributed by atoms with Crippen molar-refractivity contribution in [3.8, 4) is 6.07 Å². The first-order valence-electron chi connectivity index (χ1n) is 7.59. The summed E-state index contributed by atoms with van der Waals surface area (Å²) >= 11 is 0. The molecule has 0 aromatic heterocycles. The molecule has 0 saturated heterocycles. The Kier molecular flexibility index (Phi) is 4.71. The Hall–Kier alpha value is -3.05. The molecular weight excluding hydrogens is 282 g/mol. The van der Waals surface area contributed by atoms with Crippen molar-refractivity contribution in [3.63, 3.8) is 0 Å². The van der Waals surface area contributed by atoms with Crippen LogP contribution in [0.5, 0.6) is 0 Å². The molecular formula is C21H17NO. The molecule has 0 saturated carbocycles. The highest BCUT2D eigenvalue weighted by molar-refractivity contribution is 5.84. The summed E-state index contributed by atoms with van der Waals surface area (Å²) in [5.41, 5.74) is 2.83. The molecule has 23 heavy (non-hydrogen) atoms. The number of allylic oxidation sites excluding steroid dienone is 1. The molecule has 2 nitrogen and oxygen atoms in total. The number of nitrogens with zero attached hydrogens (tertiary/aromatic N) is 1. The van der Waals surface area contributed by atoms with Gasteiger partial charge in [-0.1, -0.05) is 54.6 Å². The lowest BCUT2D eigenvalue weighted by Gasteiger charge is -2.06. The van der Waals surface area contributed by atoms with Crippen LogP contribution in [0.2, 0.25) is 0 Å². The van der Waals surface area contributed by atoms with Crippen LogP contribution in [0.1, 0.15) is 16.7 Å². The molecule has 0 radical (unpaired) electrons. The van der Waals surface area contributed by atoms with Gasteiger partial charge in [-0.25, -0.2) is 0 Å². The van der Waals surface area contributed by atoms with Crippen LogP contribution in [0.15, 0.2) is 79.1 Å². The van der Waals surface area contributed by atoms with E-state index in [9.17, 15) is 5.26 Å². The van der Waals surface area contributed by atoms with Gasteiger partial charge in [-0.15, -0.1) is 0 Å². The number of hydrogen-bond acceptors (Lipinski definition) is 2. The summed E-state index contributed by atoms with van der Waals surface area (Å²) < 4.78 is 5.60. The Morgan fingerprint density at radius 1 is 0.913 bits per heavy atom. The molecule has 0 aliphatic rings. The molecule has 0 heterocycles. The molecule has 0 unspecified atom stereocenters. The molecule has 0 spiro atoms. The van der Waals surface area contributed by atoms with E-state index in [1.807, 2.05) is 60.7 Å². The standard InChI is InChI=1S/C21H17NO/c22-15-20-13-18-10-4-5-11-19(18)14-21(20)16-23-12-6-9-17-7-2-1-3-8-17/h1-8,10-14H,9,16H2/b12-6+. The van der Waals surface area contributed by atoms with E-state index in [1.165, 1.54) is 5.56 Å². The minimum absolute atomic E-state index is 0.402. The van der Waals surface area contributed by atoms with E-state index in [-0.39, 0.29) is 0 Å². The fourth-order valence-electron chi connectivity index (χ4n) is 2.52. The Labute approximate surface area is 136 Å². The van der Waals surface area contributed by atoms with E-state index in [0.717, 1.165) is 22.8 Å². The number of rotatable bonds is 5. The Balaban J connectivity index is 1.66. The summed E-state index contributed by atoms with van der Waals surface area (Å²) in [6.07, 6.45) is 4.54. The van der Waals surface area contributed by atoms with Gasteiger partial charge in [-0.05, 0) is 41.0 Å². The smallest absolute Gasteiger partial charge is 0.114 e. The Morgan fingerprint density at radius 2 is 1.61 bits per heavy atom. The van der Waals surface area contributed by atoms with E-state index in [2.05, 4.69) is 18.2 Å². The van der Waals surface area contributed by atoms with E-state index < -0.39 is 0 Å². The van der Waals surface area contributed by atoms with Gasteiger partial charge in [0.15, 0.2) is 0 Å². The summed E-state index contributed by atoms with van der Waals surface area (Å²) in [6.45, 7) is 0.402. The molecule has 0 atom stereocenters. The molecule has 0 N–H and O–H groups in total. The molecule has 2 heteroatoms. The maximum atomic E-state index is 9.31. The molecule has 3 aromatic rings. The van der Waals surface area contributed by atoms with Gasteiger partial charge in [0, 0.05) is 5.56 Å². The molecule has 0 amide bonds. The highest BCUT2D eigenvalue weighted by Crippen LogP contribution is 2.20. The maximum Gasteiger partial charge on any atom is 0.114 e. The van der Waals surface area contributed by atoms with E-state index >= 15 is 0 Å². The summed E-state index contributed by atoms with van der Waals surface area (Å²) in [6, 6.07) is 24.5. The average Bonchev–Trinajstić information content (AvgIpc) is 2.61. The number of nitriles is 1. The fraction of sp³-hybridized carbons (Fsp3) is 0.0952. The molecule has 3 rings (SSSR count). The highest BCUT2D eigenvalue weighted by Gasteiger charge is 2.04. The van der Waals surface area contributed by atoms with Gasteiger partial charge < -0.3 is 4.74 Å². The second kappa shape index (κ2) is 7.29. The van der Waals surface area contributed by atoms with Gasteiger partial charge in [-0.2, -0.15) is 5.26 Å². The molecule has 0 aliphatic carbocycles. The van der Waals surface area contributed by atoms with Crippen LogP contribution < -0.4 is 0 Å². The summed E-state index contributed by atoms with van der Waals surface area (Å²) in [5, 5.41) is 11.5. The monoisotopic (exact) mass is 299 g/mol. The van der Waals surface area contributed by atoms with Gasteiger partial charge in [0.25, 0.3) is 0 Å². The summed E-state index contributed by atoms with van der Waals surface area (Å²) in [7, 11) is 0. The van der Waals surface area contributed by atoms with E-state index in [1.54, 1.807) is 6.26 Å². The lowest BCUT2D eigenvalue weighted by molar-refractivity contribution is 0.235. The zero-order chi connectivity index (χ0) is 15.9. The topological polar surface area (TPSA) is 33.0 Å². The quantitative estimate of drug-likeness (QED) is 0.622. The minimum Gasteiger partial charge on any atom is -0.497 e. The zero-order valence-corrected chi connectivity index (χ0v) is 12.8. The van der Waals surface area contributed by atoms with Crippen LogP contribution in [-0.4, -0.2) is 0 Å². The van der Waals surface area contributed by atoms with E-state index in [0.29, 0.717) is 12.2 Å². The van der Waals surface area contributed by atoms with Crippen LogP contribution in [0.3, 0.4) is 0 Å². The second-order valence-electron chi connectivity index (χ2n) is 5.34. The average molecular weight is 299 g/mol. The summed E-state index contributed by atoms with van der Waals surface area (Å²) in [5.74, 6) is 0. The second-order valence-corrected chi connectivity index (χ2v) is 5.34. The first kappa shape index (κ1) is 14.9. The number of ether oxygens (including phenoxy) is 1. The molecule has 0 bridgehead atoms. The fourth-order valence-corrected chi connectivity index (χ4v) is 2.52. The van der Waals surface area contributed by atoms with Crippen LogP contribution >= 0.6 is 0 Å². The molecule has 0 fully saturated rings. The van der Waals surface area contributed by atoms with Gasteiger partial charge in [0.2, 0.25) is 0 Å². The van der Waals surface area contributed by atoms with Crippen molar-refractivity contribution in [2.24, 2.45) is 0 Å². The van der Waals surface area contributed by atoms with Crippen molar-refractivity contribution >= 4 is 10.8 Å². The van der Waals surface area contributed by atoms with E-state index in [4.69, 9.17) is 4.74 Å². The number of benzene rings is 3. The predicted molar refractivity (Wildman–Crippen MR) is 92.7 cm³/mol. The lowest BCUT2D eigenvalue weighted by Crippen LogP contribution is -1.92. The molecule has 3 aromatic carbocycles. The third-order valence-corrected chi connectivity index (χ3v) is 3.72. The van der Waals surface area contributed by atoms with Crippen molar-refractivity contribution in [1.82, 2.24) is 0 Å². The minimum atomic E-state index is 0.402. The third-order valence-electron chi connectivity index (χ3n) is 3.72. The van der Waals surface area contributed by atoms with Crippen molar-refractivity contribution < 1.29 is 4.74 Å². The third kappa shape index (κ3) is 3.78. The van der Waals surface area contributed by atoms with Crippen LogP contribution in [0.25, 0.3) is 10.8 Å². The number of fused-ring (bicyclic) bond motifs is 1. The maximum absolute atomic E-state index is 9.31. The number of hydrogen-bond donors (Lipinski definition) is 0. The van der Waals surface area contributed by atoms with Crippen molar-refractivity contribution in [1.29, 1.82) is 5.26 Å². The van der Waals surface area contributed by atoms with Crippen LogP contribution in [0, 0.1) is 11.3 Å². The largest absolute Gasteiger partial charge is 0.497 e. The van der Waals surface area contributed by atoms with Gasteiger partial charge >= 0.3 is 0 Å². The lowest BCUT2D eigenvalue weighted by atomic mass is 10.0. The summed E-state index contributed by atoms with van der Waals surface area (Å²) in [4.78, 5) is 0. The first-order valence-corrected chi connectivity index (χ1v) is 7.59. The Morgan fingerprint density at radius 3 is 2.35 bits per heavy atom. The SMILES string of the molecule is N#Cc1cc2ccccc2cc1CO/C=C/Cc1ccccc1. The van der Waals surface area contributed by atoms with Gasteiger partial charge in [-0.3, -0.25) is 0 Å². The Bertz CT molecular complexity index is 860. The first-order chi connectivity index (χ1) is 11.4. The molecule has 112 valence electrons. The van der Waals surface area contributed by atoms with Gasteiger partial charge in [0.05, 0.1) is 17.9 Å². The van der Waals surface area contributed by atoms with Crippen LogP contribution in [-0.2, 0) is 17.8 Å². The molecule has 0 aliphatic heterocycles. The van der Waals surface area contributed by atoms with Crippen molar-refractivity contribution in [3.05, 3.63) is 95.8 Å². The normalized spacial score (nSPS) is 10.7.